The van der Waals surface area contributed by atoms with Gasteiger partial charge in [-0.15, -0.1) is 0 Å². The number of methoxy groups -OCH3 is 1. The fourth-order valence-corrected chi connectivity index (χ4v) is 1.90. The minimum Gasteiger partial charge on any atom is -1.00 e. The van der Waals surface area contributed by atoms with E-state index in [0.29, 0.717) is 11.3 Å². The number of aromatic nitrogens is 1. The number of rotatable bonds is 4. The van der Waals surface area contributed by atoms with E-state index in [-0.39, 0.29) is 24.9 Å². The van der Waals surface area contributed by atoms with Crippen LogP contribution in [0.4, 0.5) is 5.69 Å². The molecule has 1 N–H and O–H groups in total. The Bertz CT molecular complexity index is 657. The number of amides is 1. The normalized spacial score (nSPS) is 9.55. The van der Waals surface area contributed by atoms with Crippen molar-refractivity contribution in [3.05, 3.63) is 59.9 Å². The molecule has 0 fully saturated rings. The Morgan fingerprint density at radius 2 is 1.82 bits per heavy atom. The number of benzene rings is 1. The van der Waals surface area contributed by atoms with Gasteiger partial charge in [0.25, 0.3) is 5.91 Å². The number of nitrogens with zero attached hydrogens (tertiary/aromatic N) is 1. The lowest BCUT2D eigenvalue weighted by Crippen LogP contribution is -3.00. The SMILES string of the molecule is COC(=O)c1ccc(NC(=O)C[n+]2ccccc2C)cc1.[Cl-]. The summed E-state index contributed by atoms with van der Waals surface area (Å²) in [7, 11) is 1.33. The quantitative estimate of drug-likeness (QED) is 0.563. The molecule has 0 aliphatic heterocycles. The molecule has 2 rings (SSSR count). The van der Waals surface area contributed by atoms with E-state index in [1.165, 1.54) is 7.11 Å². The van der Waals surface area contributed by atoms with Crippen molar-refractivity contribution in [3.63, 3.8) is 0 Å². The smallest absolute Gasteiger partial charge is 0.337 e. The van der Waals surface area contributed by atoms with Crippen LogP contribution in [-0.2, 0) is 16.1 Å². The first kappa shape index (κ1) is 17.7. The second kappa shape index (κ2) is 8.14. The Hall–Kier alpha value is -2.40. The van der Waals surface area contributed by atoms with Gasteiger partial charge in [0.1, 0.15) is 0 Å². The van der Waals surface area contributed by atoms with E-state index in [1.807, 2.05) is 35.9 Å². The molecule has 6 heteroatoms. The second-order valence-corrected chi connectivity index (χ2v) is 4.59. The van der Waals surface area contributed by atoms with Crippen LogP contribution in [0.2, 0.25) is 0 Å². The first-order chi connectivity index (χ1) is 10.1. The Balaban J connectivity index is 0.00000242. The van der Waals surface area contributed by atoms with Crippen molar-refractivity contribution in [2.45, 2.75) is 13.5 Å². The number of nitrogens with one attached hydrogen (secondary N) is 1. The number of ether oxygens (including phenoxy) is 1. The summed E-state index contributed by atoms with van der Waals surface area (Å²) in [4.78, 5) is 23.3. The number of carbonyl (C=O) groups excluding carboxylic acids is 2. The largest absolute Gasteiger partial charge is 1.00 e. The van der Waals surface area contributed by atoms with Gasteiger partial charge in [0, 0.05) is 24.7 Å². The Morgan fingerprint density at radius 1 is 1.14 bits per heavy atom. The summed E-state index contributed by atoms with van der Waals surface area (Å²) in [6, 6.07) is 12.3. The second-order valence-electron chi connectivity index (χ2n) is 4.59. The summed E-state index contributed by atoms with van der Waals surface area (Å²) in [6.07, 6.45) is 1.86. The Morgan fingerprint density at radius 3 is 2.41 bits per heavy atom. The third-order valence-corrected chi connectivity index (χ3v) is 3.07. The van der Waals surface area contributed by atoms with Crippen LogP contribution in [-0.4, -0.2) is 19.0 Å². The summed E-state index contributed by atoms with van der Waals surface area (Å²) in [5.74, 6) is -0.525. The molecule has 1 aromatic carbocycles. The van der Waals surface area contributed by atoms with Gasteiger partial charge < -0.3 is 22.5 Å². The first-order valence-corrected chi connectivity index (χ1v) is 6.53. The maximum Gasteiger partial charge on any atom is 0.337 e. The van der Waals surface area contributed by atoms with E-state index < -0.39 is 5.97 Å². The highest BCUT2D eigenvalue weighted by Crippen LogP contribution is 2.10. The molecule has 0 radical (unpaired) electrons. The van der Waals surface area contributed by atoms with Crippen LogP contribution in [0.1, 0.15) is 16.1 Å². The minimum atomic E-state index is -0.400. The van der Waals surface area contributed by atoms with Crippen molar-refractivity contribution < 1.29 is 31.3 Å². The van der Waals surface area contributed by atoms with E-state index in [0.717, 1.165) is 5.69 Å². The monoisotopic (exact) mass is 320 g/mol. The van der Waals surface area contributed by atoms with Gasteiger partial charge in [-0.3, -0.25) is 4.79 Å². The molecule has 0 saturated heterocycles. The fraction of sp³-hybridized carbons (Fsp3) is 0.188. The van der Waals surface area contributed by atoms with Crippen molar-refractivity contribution in [1.82, 2.24) is 0 Å². The lowest BCUT2D eigenvalue weighted by atomic mass is 10.2. The number of anilines is 1. The Labute approximate surface area is 135 Å². The van der Waals surface area contributed by atoms with Gasteiger partial charge in [0.05, 0.1) is 12.7 Å². The fourth-order valence-electron chi connectivity index (χ4n) is 1.90. The topological polar surface area (TPSA) is 59.3 Å². The van der Waals surface area contributed by atoms with Crippen LogP contribution in [0.15, 0.2) is 48.7 Å². The third-order valence-electron chi connectivity index (χ3n) is 3.07. The van der Waals surface area contributed by atoms with Gasteiger partial charge in [-0.2, -0.15) is 4.57 Å². The molecule has 5 nitrogen and oxygen atoms in total. The summed E-state index contributed by atoms with van der Waals surface area (Å²) in [6.45, 7) is 2.18. The predicted octanol–water partition coefficient (Wildman–Crippen LogP) is -1.29. The molecule has 0 aliphatic carbocycles. The molecule has 116 valence electrons. The summed E-state index contributed by atoms with van der Waals surface area (Å²) in [5, 5.41) is 2.79. The molecule has 1 aromatic heterocycles. The molecule has 2 aromatic rings. The molecule has 22 heavy (non-hydrogen) atoms. The van der Waals surface area contributed by atoms with Crippen molar-refractivity contribution >= 4 is 17.6 Å². The average Bonchev–Trinajstić information content (AvgIpc) is 2.49. The Kier molecular flexibility index (Phi) is 6.53. The van der Waals surface area contributed by atoms with Crippen LogP contribution in [0.5, 0.6) is 0 Å². The number of hydrogen-bond acceptors (Lipinski definition) is 3. The van der Waals surface area contributed by atoms with Crippen LogP contribution in [0, 0.1) is 6.92 Å². The number of pyridine rings is 1. The van der Waals surface area contributed by atoms with E-state index in [2.05, 4.69) is 10.1 Å². The van der Waals surface area contributed by atoms with Gasteiger partial charge in [-0.25, -0.2) is 4.79 Å². The van der Waals surface area contributed by atoms with E-state index in [1.54, 1.807) is 24.3 Å². The number of halogens is 1. The maximum absolute atomic E-state index is 12.0. The van der Waals surface area contributed by atoms with E-state index in [9.17, 15) is 9.59 Å². The minimum absolute atomic E-state index is 0. The molecular weight excluding hydrogens is 304 g/mol. The lowest BCUT2D eigenvalue weighted by Gasteiger charge is -2.05. The van der Waals surface area contributed by atoms with Crippen LogP contribution < -0.4 is 22.3 Å². The number of carbonyl (C=O) groups is 2. The summed E-state index contributed by atoms with van der Waals surface area (Å²) >= 11 is 0. The molecule has 0 unspecified atom stereocenters. The third kappa shape index (κ3) is 4.56. The summed E-state index contributed by atoms with van der Waals surface area (Å²) in [5.41, 5.74) is 2.10. The summed E-state index contributed by atoms with van der Waals surface area (Å²) < 4.78 is 6.48. The highest BCUT2D eigenvalue weighted by molar-refractivity contribution is 5.92. The van der Waals surface area contributed by atoms with Gasteiger partial charge >= 0.3 is 5.97 Å². The zero-order valence-electron chi connectivity index (χ0n) is 12.4. The van der Waals surface area contributed by atoms with Gasteiger partial charge in [0.2, 0.25) is 6.54 Å². The van der Waals surface area contributed by atoms with E-state index >= 15 is 0 Å². The van der Waals surface area contributed by atoms with Crippen LogP contribution in [0.25, 0.3) is 0 Å². The van der Waals surface area contributed by atoms with Crippen molar-refractivity contribution in [2.75, 3.05) is 12.4 Å². The van der Waals surface area contributed by atoms with Crippen molar-refractivity contribution in [2.24, 2.45) is 0 Å². The van der Waals surface area contributed by atoms with Gasteiger partial charge in [-0.1, -0.05) is 6.07 Å². The van der Waals surface area contributed by atoms with Crippen LogP contribution >= 0.6 is 0 Å². The van der Waals surface area contributed by atoms with Crippen LogP contribution in [0.3, 0.4) is 0 Å². The van der Waals surface area contributed by atoms with Crippen molar-refractivity contribution in [1.29, 1.82) is 0 Å². The zero-order valence-corrected chi connectivity index (χ0v) is 13.1. The highest BCUT2D eigenvalue weighted by atomic mass is 35.5. The van der Waals surface area contributed by atoms with Crippen molar-refractivity contribution in [3.8, 4) is 0 Å². The highest BCUT2D eigenvalue weighted by Gasteiger charge is 2.12. The number of aryl methyl sites for hydroxylation is 1. The predicted molar refractivity (Wildman–Crippen MR) is 77.8 cm³/mol. The zero-order chi connectivity index (χ0) is 15.2. The standard InChI is InChI=1S/C16H16N2O3.ClH/c1-12-5-3-4-10-18(12)11-15(19)17-14-8-6-13(7-9-14)16(20)21-2;/h3-10H,11H2,1-2H3;1H. The maximum atomic E-state index is 12.0. The molecule has 0 saturated carbocycles. The van der Waals surface area contributed by atoms with E-state index in [4.69, 9.17) is 0 Å². The molecule has 0 bridgehead atoms. The molecular formula is C16H17ClN2O3. The number of hydrogen-bond donors (Lipinski definition) is 1. The molecule has 1 heterocycles. The average molecular weight is 321 g/mol. The first-order valence-electron chi connectivity index (χ1n) is 6.53. The molecule has 0 aliphatic rings. The number of esters is 1. The van der Waals surface area contributed by atoms with Gasteiger partial charge in [0.15, 0.2) is 11.9 Å². The van der Waals surface area contributed by atoms with Gasteiger partial charge in [-0.05, 0) is 24.3 Å². The molecule has 1 amide bonds. The molecule has 0 atom stereocenters. The lowest BCUT2D eigenvalue weighted by molar-refractivity contribution is -0.690. The molecule has 0 spiro atoms.